The molecule has 5 heteroatoms. The van der Waals surface area contributed by atoms with Gasteiger partial charge in [0.05, 0.1) is 7.11 Å². The van der Waals surface area contributed by atoms with Crippen LogP contribution in [0.15, 0.2) is 23.5 Å². The second-order valence-electron chi connectivity index (χ2n) is 3.48. The zero-order valence-corrected chi connectivity index (χ0v) is 9.39. The molecule has 1 aliphatic rings. The maximum absolute atomic E-state index is 11.5. The number of Topliss-reactive ketones (excluding diaryl/α,β-unsaturated/α-hetero) is 1. The molecule has 0 amide bonds. The van der Waals surface area contributed by atoms with Gasteiger partial charge in [0.15, 0.2) is 5.78 Å². The van der Waals surface area contributed by atoms with Crippen molar-refractivity contribution in [1.29, 1.82) is 0 Å². The van der Waals surface area contributed by atoms with E-state index in [4.69, 9.17) is 9.47 Å². The van der Waals surface area contributed by atoms with Crippen molar-refractivity contribution in [2.75, 3.05) is 14.2 Å². The van der Waals surface area contributed by atoms with E-state index in [0.717, 1.165) is 0 Å². The molecule has 0 bridgehead atoms. The van der Waals surface area contributed by atoms with Gasteiger partial charge in [-0.05, 0) is 19.1 Å². The van der Waals surface area contributed by atoms with Crippen LogP contribution in [0.2, 0.25) is 0 Å². The van der Waals surface area contributed by atoms with E-state index in [-0.39, 0.29) is 5.76 Å². The van der Waals surface area contributed by atoms with Crippen LogP contribution in [0.1, 0.15) is 6.92 Å². The molecule has 5 nitrogen and oxygen atoms in total. The summed E-state index contributed by atoms with van der Waals surface area (Å²) in [5.74, 6) is -0.495. The van der Waals surface area contributed by atoms with Crippen LogP contribution in [0.4, 0.5) is 0 Å². The Morgan fingerprint density at radius 3 is 2.56 bits per heavy atom. The third-order valence-electron chi connectivity index (χ3n) is 2.58. The Labute approximate surface area is 93.3 Å². The lowest BCUT2D eigenvalue weighted by molar-refractivity contribution is -0.146. The third-order valence-corrected chi connectivity index (χ3v) is 2.58. The Bertz CT molecular complexity index is 369. The van der Waals surface area contributed by atoms with Crippen LogP contribution >= 0.6 is 0 Å². The number of hydrogen-bond donors (Lipinski definition) is 1. The lowest BCUT2D eigenvalue weighted by Crippen LogP contribution is -2.52. The third kappa shape index (κ3) is 1.79. The van der Waals surface area contributed by atoms with Gasteiger partial charge in [-0.3, -0.25) is 9.59 Å². The quantitative estimate of drug-likeness (QED) is 0.682. The highest BCUT2D eigenvalue weighted by molar-refractivity contribution is 5.91. The van der Waals surface area contributed by atoms with E-state index in [1.54, 1.807) is 0 Å². The number of carbonyl (C=O) groups is 2. The van der Waals surface area contributed by atoms with Gasteiger partial charge in [0.25, 0.3) is 0 Å². The molecule has 0 radical (unpaired) electrons. The van der Waals surface area contributed by atoms with Crippen LogP contribution in [0, 0.1) is 0 Å². The molecule has 0 saturated heterocycles. The van der Waals surface area contributed by atoms with Gasteiger partial charge in [0.1, 0.15) is 18.1 Å². The second kappa shape index (κ2) is 4.59. The average molecular weight is 226 g/mol. The maximum Gasteiger partial charge on any atom is 0.209 e. The van der Waals surface area contributed by atoms with Crippen molar-refractivity contribution in [2.24, 2.45) is 0 Å². The van der Waals surface area contributed by atoms with E-state index >= 15 is 0 Å². The van der Waals surface area contributed by atoms with Gasteiger partial charge in [0.2, 0.25) is 5.60 Å². The van der Waals surface area contributed by atoms with Crippen molar-refractivity contribution < 1.29 is 24.2 Å². The molecule has 0 aromatic rings. The standard InChI is InChI=1S/C11H14O5/c1-7(13)11(14)9(15-2)4-8(6-12)5-10(11)16-3/h4-6,9,14H,1-3H3/t9-,11+/m1/s1. The van der Waals surface area contributed by atoms with Crippen molar-refractivity contribution >= 4 is 12.1 Å². The predicted molar refractivity (Wildman–Crippen MR) is 55.7 cm³/mol. The SMILES string of the molecule is COC1=CC(C=O)=C[C@@H](OC)[C@@]1(O)C(C)=O. The summed E-state index contributed by atoms with van der Waals surface area (Å²) in [6, 6.07) is 0. The smallest absolute Gasteiger partial charge is 0.209 e. The number of aldehydes is 1. The molecule has 0 heterocycles. The summed E-state index contributed by atoms with van der Waals surface area (Å²) in [6.07, 6.45) is 2.39. The fourth-order valence-electron chi connectivity index (χ4n) is 1.65. The lowest BCUT2D eigenvalue weighted by atomic mass is 9.84. The number of carbonyl (C=O) groups excluding carboxylic acids is 2. The van der Waals surface area contributed by atoms with Crippen molar-refractivity contribution in [3.63, 3.8) is 0 Å². The molecule has 0 aliphatic heterocycles. The van der Waals surface area contributed by atoms with E-state index in [9.17, 15) is 14.7 Å². The van der Waals surface area contributed by atoms with Crippen molar-refractivity contribution in [3.8, 4) is 0 Å². The highest BCUT2D eigenvalue weighted by atomic mass is 16.5. The molecule has 0 aromatic carbocycles. The first-order chi connectivity index (χ1) is 7.50. The van der Waals surface area contributed by atoms with Crippen LogP contribution < -0.4 is 0 Å². The minimum atomic E-state index is -1.87. The number of hydrogen-bond acceptors (Lipinski definition) is 5. The van der Waals surface area contributed by atoms with Crippen molar-refractivity contribution in [2.45, 2.75) is 18.6 Å². The highest BCUT2D eigenvalue weighted by Crippen LogP contribution is 2.31. The van der Waals surface area contributed by atoms with Crippen LogP contribution in [-0.2, 0) is 19.1 Å². The minimum absolute atomic E-state index is 0.0106. The molecule has 2 atom stereocenters. The van der Waals surface area contributed by atoms with Crippen LogP contribution in [0.5, 0.6) is 0 Å². The number of rotatable bonds is 4. The molecule has 0 aromatic heterocycles. The van der Waals surface area contributed by atoms with Gasteiger partial charge in [-0.1, -0.05) is 0 Å². The monoisotopic (exact) mass is 226 g/mol. The second-order valence-corrected chi connectivity index (χ2v) is 3.48. The average Bonchev–Trinajstić information content (AvgIpc) is 2.28. The van der Waals surface area contributed by atoms with Crippen LogP contribution in [0.3, 0.4) is 0 Å². The van der Waals surface area contributed by atoms with Gasteiger partial charge in [-0.25, -0.2) is 0 Å². The normalized spacial score (nSPS) is 29.1. The Morgan fingerprint density at radius 2 is 2.19 bits per heavy atom. The number of ketones is 1. The summed E-state index contributed by atoms with van der Waals surface area (Å²) in [6.45, 7) is 1.23. The lowest BCUT2D eigenvalue weighted by Gasteiger charge is -2.34. The molecule has 0 saturated carbocycles. The van der Waals surface area contributed by atoms with E-state index < -0.39 is 17.5 Å². The fourth-order valence-corrected chi connectivity index (χ4v) is 1.65. The summed E-state index contributed by atoms with van der Waals surface area (Å²) >= 11 is 0. The molecule has 0 fully saturated rings. The largest absolute Gasteiger partial charge is 0.497 e. The number of allylic oxidation sites excluding steroid dienone is 2. The Balaban J connectivity index is 3.28. The Kier molecular flexibility index (Phi) is 3.62. The fraction of sp³-hybridized carbons (Fsp3) is 0.455. The number of methoxy groups -OCH3 is 2. The highest BCUT2D eigenvalue weighted by Gasteiger charge is 2.47. The van der Waals surface area contributed by atoms with Crippen molar-refractivity contribution in [3.05, 3.63) is 23.5 Å². The van der Waals surface area contributed by atoms with E-state index in [1.807, 2.05) is 0 Å². The summed E-state index contributed by atoms with van der Waals surface area (Å²) in [7, 11) is 2.66. The van der Waals surface area contributed by atoms with E-state index in [2.05, 4.69) is 0 Å². The summed E-state index contributed by atoms with van der Waals surface area (Å²) in [5, 5.41) is 10.3. The van der Waals surface area contributed by atoms with Gasteiger partial charge in [0, 0.05) is 12.7 Å². The molecule has 16 heavy (non-hydrogen) atoms. The summed E-state index contributed by atoms with van der Waals surface area (Å²) < 4.78 is 9.95. The Morgan fingerprint density at radius 1 is 1.56 bits per heavy atom. The zero-order valence-electron chi connectivity index (χ0n) is 9.39. The molecule has 88 valence electrons. The van der Waals surface area contributed by atoms with Gasteiger partial charge >= 0.3 is 0 Å². The molecule has 1 rings (SSSR count). The maximum atomic E-state index is 11.5. The molecular weight excluding hydrogens is 212 g/mol. The van der Waals surface area contributed by atoms with Crippen molar-refractivity contribution in [1.82, 2.24) is 0 Å². The first-order valence-corrected chi connectivity index (χ1v) is 4.70. The van der Waals surface area contributed by atoms with E-state index in [1.165, 1.54) is 33.3 Å². The number of aliphatic hydroxyl groups is 1. The Hall–Kier alpha value is -1.46. The summed E-state index contributed by atoms with van der Waals surface area (Å²) in [4.78, 5) is 22.2. The van der Waals surface area contributed by atoms with Gasteiger partial charge in [-0.2, -0.15) is 0 Å². The predicted octanol–water partition coefficient (Wildman–Crippen LogP) is -0.00930. The zero-order chi connectivity index (χ0) is 12.3. The first-order valence-electron chi connectivity index (χ1n) is 4.70. The van der Waals surface area contributed by atoms with E-state index in [0.29, 0.717) is 11.9 Å². The number of ether oxygens (including phenoxy) is 2. The van der Waals surface area contributed by atoms with Crippen LogP contribution in [-0.4, -0.2) is 43.1 Å². The van der Waals surface area contributed by atoms with Gasteiger partial charge in [-0.15, -0.1) is 0 Å². The topological polar surface area (TPSA) is 72.8 Å². The minimum Gasteiger partial charge on any atom is -0.497 e. The summed E-state index contributed by atoms with van der Waals surface area (Å²) in [5.41, 5.74) is -1.56. The molecule has 0 unspecified atom stereocenters. The molecule has 1 aliphatic carbocycles. The molecule has 0 spiro atoms. The molecular formula is C11H14O5. The van der Waals surface area contributed by atoms with Crippen LogP contribution in [0.25, 0.3) is 0 Å². The van der Waals surface area contributed by atoms with Gasteiger partial charge < -0.3 is 14.6 Å². The first kappa shape index (κ1) is 12.6. The molecule has 1 N–H and O–H groups in total.